The average Bonchev–Trinajstić information content (AvgIpc) is 2.10. The van der Waals surface area contributed by atoms with E-state index in [-0.39, 0.29) is 5.97 Å². The fourth-order valence-corrected chi connectivity index (χ4v) is 1.85. The summed E-state index contributed by atoms with van der Waals surface area (Å²) in [5.74, 6) is 1.60. The molecule has 0 saturated carbocycles. The zero-order valence-electron chi connectivity index (χ0n) is 10.7. The molecule has 0 aliphatic carbocycles. The van der Waals surface area contributed by atoms with Crippen molar-refractivity contribution in [3.8, 4) is 0 Å². The molecule has 88 valence electrons. The van der Waals surface area contributed by atoms with Gasteiger partial charge < -0.3 is 4.74 Å². The minimum atomic E-state index is -0.277. The molecular formula is C13H24O2. The Balaban J connectivity index is 3.92. The highest BCUT2D eigenvalue weighted by atomic mass is 16.5. The molecule has 0 unspecified atom stereocenters. The molecule has 0 aromatic rings. The predicted octanol–water partition coefficient (Wildman–Crippen LogP) is 3.42. The first-order valence-electron chi connectivity index (χ1n) is 5.68. The SMILES string of the molecule is C=C(C)C(=O)OCCC(C(C)C)C(C)C. The Morgan fingerprint density at radius 2 is 1.67 bits per heavy atom. The van der Waals surface area contributed by atoms with Crippen LogP contribution in [0.4, 0.5) is 0 Å². The van der Waals surface area contributed by atoms with E-state index < -0.39 is 0 Å². The van der Waals surface area contributed by atoms with Gasteiger partial charge in [-0.2, -0.15) is 0 Å². The molecular weight excluding hydrogens is 188 g/mol. The second-order valence-corrected chi connectivity index (χ2v) is 4.86. The van der Waals surface area contributed by atoms with Crippen LogP contribution in [0, 0.1) is 17.8 Å². The number of ether oxygens (including phenoxy) is 1. The van der Waals surface area contributed by atoms with Gasteiger partial charge in [0, 0.05) is 5.57 Å². The van der Waals surface area contributed by atoms with Gasteiger partial charge in [-0.15, -0.1) is 0 Å². The van der Waals surface area contributed by atoms with Crippen molar-refractivity contribution < 1.29 is 9.53 Å². The van der Waals surface area contributed by atoms with Crippen molar-refractivity contribution >= 4 is 5.97 Å². The molecule has 0 aromatic carbocycles. The van der Waals surface area contributed by atoms with Crippen LogP contribution in [0.25, 0.3) is 0 Å². The van der Waals surface area contributed by atoms with Gasteiger partial charge in [0.1, 0.15) is 0 Å². The quantitative estimate of drug-likeness (QED) is 0.498. The van der Waals surface area contributed by atoms with Gasteiger partial charge in [0.2, 0.25) is 0 Å². The maximum Gasteiger partial charge on any atom is 0.333 e. The predicted molar refractivity (Wildman–Crippen MR) is 63.6 cm³/mol. The second kappa shape index (κ2) is 6.65. The van der Waals surface area contributed by atoms with E-state index in [0.29, 0.717) is 29.9 Å². The lowest BCUT2D eigenvalue weighted by Gasteiger charge is -2.24. The van der Waals surface area contributed by atoms with Crippen molar-refractivity contribution in [1.29, 1.82) is 0 Å². The third-order valence-corrected chi connectivity index (χ3v) is 2.75. The fourth-order valence-electron chi connectivity index (χ4n) is 1.85. The molecule has 0 fully saturated rings. The third-order valence-electron chi connectivity index (χ3n) is 2.75. The van der Waals surface area contributed by atoms with Gasteiger partial charge in [-0.1, -0.05) is 34.3 Å². The summed E-state index contributed by atoms with van der Waals surface area (Å²) in [5, 5.41) is 0. The monoisotopic (exact) mass is 212 g/mol. The molecule has 0 atom stereocenters. The molecule has 0 radical (unpaired) electrons. The Morgan fingerprint density at radius 1 is 1.20 bits per heavy atom. The maximum atomic E-state index is 11.1. The molecule has 0 rings (SSSR count). The van der Waals surface area contributed by atoms with Gasteiger partial charge >= 0.3 is 5.97 Å². The van der Waals surface area contributed by atoms with Crippen LogP contribution in [-0.4, -0.2) is 12.6 Å². The molecule has 2 heteroatoms. The number of hydrogen-bond acceptors (Lipinski definition) is 2. The van der Waals surface area contributed by atoms with Crippen molar-refractivity contribution in [2.45, 2.75) is 41.0 Å². The lowest BCUT2D eigenvalue weighted by Crippen LogP contribution is -2.19. The summed E-state index contributed by atoms with van der Waals surface area (Å²) in [7, 11) is 0. The minimum Gasteiger partial charge on any atom is -0.462 e. The van der Waals surface area contributed by atoms with Gasteiger partial charge in [-0.05, 0) is 31.1 Å². The number of hydrogen-bond donors (Lipinski definition) is 0. The summed E-state index contributed by atoms with van der Waals surface area (Å²) >= 11 is 0. The third kappa shape index (κ3) is 5.60. The van der Waals surface area contributed by atoms with E-state index in [1.807, 2.05) is 0 Å². The second-order valence-electron chi connectivity index (χ2n) is 4.86. The van der Waals surface area contributed by atoms with E-state index in [0.717, 1.165) is 6.42 Å². The van der Waals surface area contributed by atoms with Crippen molar-refractivity contribution in [2.75, 3.05) is 6.61 Å². The van der Waals surface area contributed by atoms with E-state index in [1.165, 1.54) is 0 Å². The highest BCUT2D eigenvalue weighted by Crippen LogP contribution is 2.23. The Hall–Kier alpha value is -0.790. The number of esters is 1. The van der Waals surface area contributed by atoms with Crippen LogP contribution in [-0.2, 0) is 9.53 Å². The number of rotatable bonds is 6. The first-order valence-corrected chi connectivity index (χ1v) is 5.68. The van der Waals surface area contributed by atoms with Gasteiger partial charge in [-0.3, -0.25) is 0 Å². The average molecular weight is 212 g/mol. The molecule has 2 nitrogen and oxygen atoms in total. The van der Waals surface area contributed by atoms with E-state index in [1.54, 1.807) is 6.92 Å². The first-order chi connectivity index (χ1) is 6.86. The van der Waals surface area contributed by atoms with Gasteiger partial charge in [0.05, 0.1) is 6.61 Å². The first kappa shape index (κ1) is 14.2. The Kier molecular flexibility index (Phi) is 6.30. The Labute approximate surface area is 93.7 Å². The Morgan fingerprint density at radius 3 is 2.00 bits per heavy atom. The van der Waals surface area contributed by atoms with Crippen LogP contribution in [0.3, 0.4) is 0 Å². The Bertz CT molecular complexity index is 209. The molecule has 0 spiro atoms. The van der Waals surface area contributed by atoms with Crippen molar-refractivity contribution in [1.82, 2.24) is 0 Å². The van der Waals surface area contributed by atoms with Crippen LogP contribution >= 0.6 is 0 Å². The molecule has 0 amide bonds. The lowest BCUT2D eigenvalue weighted by atomic mass is 9.83. The van der Waals surface area contributed by atoms with Crippen LogP contribution in [0.2, 0.25) is 0 Å². The van der Waals surface area contributed by atoms with E-state index in [4.69, 9.17) is 4.74 Å². The maximum absolute atomic E-state index is 11.1. The molecule has 0 aromatic heterocycles. The topological polar surface area (TPSA) is 26.3 Å². The van der Waals surface area contributed by atoms with Crippen LogP contribution in [0.1, 0.15) is 41.0 Å². The summed E-state index contributed by atoms with van der Waals surface area (Å²) in [6.45, 7) is 14.6. The summed E-state index contributed by atoms with van der Waals surface area (Å²) in [6.07, 6.45) is 0.939. The van der Waals surface area contributed by atoms with Crippen molar-refractivity contribution in [2.24, 2.45) is 17.8 Å². The van der Waals surface area contributed by atoms with Gasteiger partial charge in [0.15, 0.2) is 0 Å². The number of carbonyl (C=O) groups excluding carboxylic acids is 1. The highest BCUT2D eigenvalue weighted by molar-refractivity contribution is 5.86. The van der Waals surface area contributed by atoms with E-state index in [9.17, 15) is 4.79 Å². The zero-order valence-corrected chi connectivity index (χ0v) is 10.7. The summed E-state index contributed by atoms with van der Waals surface area (Å²) in [5.41, 5.74) is 0.473. The molecule has 15 heavy (non-hydrogen) atoms. The molecule has 0 aliphatic heterocycles. The standard InChI is InChI=1S/C13H24O2/c1-9(2)12(10(3)4)7-8-15-13(14)11(5)6/h9-10,12H,5,7-8H2,1-4,6H3. The van der Waals surface area contributed by atoms with Crippen LogP contribution in [0.15, 0.2) is 12.2 Å². The van der Waals surface area contributed by atoms with Crippen LogP contribution < -0.4 is 0 Å². The van der Waals surface area contributed by atoms with Gasteiger partial charge in [-0.25, -0.2) is 4.79 Å². The van der Waals surface area contributed by atoms with Crippen molar-refractivity contribution in [3.05, 3.63) is 12.2 Å². The van der Waals surface area contributed by atoms with E-state index >= 15 is 0 Å². The summed E-state index contributed by atoms with van der Waals surface area (Å²) in [4.78, 5) is 11.1. The van der Waals surface area contributed by atoms with Gasteiger partial charge in [0.25, 0.3) is 0 Å². The minimum absolute atomic E-state index is 0.277. The largest absolute Gasteiger partial charge is 0.462 e. The lowest BCUT2D eigenvalue weighted by molar-refractivity contribution is -0.139. The van der Waals surface area contributed by atoms with Crippen LogP contribution in [0.5, 0.6) is 0 Å². The summed E-state index contributed by atoms with van der Waals surface area (Å²) < 4.78 is 5.10. The molecule has 0 heterocycles. The molecule has 0 N–H and O–H groups in total. The molecule has 0 saturated heterocycles. The smallest absolute Gasteiger partial charge is 0.333 e. The number of carbonyl (C=O) groups is 1. The summed E-state index contributed by atoms with van der Waals surface area (Å²) in [6, 6.07) is 0. The normalized spacial score (nSPS) is 11.2. The fraction of sp³-hybridized carbons (Fsp3) is 0.769. The molecule has 0 bridgehead atoms. The molecule has 0 aliphatic rings. The zero-order chi connectivity index (χ0) is 12.0. The highest BCUT2D eigenvalue weighted by Gasteiger charge is 2.17. The van der Waals surface area contributed by atoms with E-state index in [2.05, 4.69) is 34.3 Å². The van der Waals surface area contributed by atoms with Crippen molar-refractivity contribution in [3.63, 3.8) is 0 Å².